The number of rotatable bonds is 6. The van der Waals surface area contributed by atoms with Gasteiger partial charge in [-0.3, -0.25) is 9.48 Å². The number of anilines is 1. The number of halogens is 3. The highest BCUT2D eigenvalue weighted by Crippen LogP contribution is 2.22. The van der Waals surface area contributed by atoms with Crippen LogP contribution in [0.5, 0.6) is 5.75 Å². The van der Waals surface area contributed by atoms with Crippen LogP contribution in [-0.2, 0) is 11.8 Å². The number of nitrogens with zero attached hydrogens (tertiary/aromatic N) is 2. The summed E-state index contributed by atoms with van der Waals surface area (Å²) in [6.07, 6.45) is -1.16. The molecule has 0 saturated heterocycles. The van der Waals surface area contributed by atoms with E-state index >= 15 is 0 Å². The number of alkyl halides is 3. The summed E-state index contributed by atoms with van der Waals surface area (Å²) < 4.78 is 42.8. The first-order valence-corrected chi connectivity index (χ1v) is 7.05. The third-order valence-corrected chi connectivity index (χ3v) is 3.11. The minimum Gasteiger partial charge on any atom is -0.484 e. The van der Waals surface area contributed by atoms with Gasteiger partial charge >= 0.3 is 6.18 Å². The number of nitrogens with one attached hydrogen (secondary N) is 2. The van der Waals surface area contributed by atoms with E-state index in [-0.39, 0.29) is 11.7 Å². The molecule has 0 saturated carbocycles. The minimum absolute atomic E-state index is 0.0208. The molecule has 6 nitrogen and oxygen atoms in total. The first kappa shape index (κ1) is 17.8. The van der Waals surface area contributed by atoms with Gasteiger partial charge < -0.3 is 15.4 Å². The topological polar surface area (TPSA) is 68.2 Å². The summed E-state index contributed by atoms with van der Waals surface area (Å²) in [6, 6.07) is 5.14. The molecule has 2 rings (SSSR count). The smallest absolute Gasteiger partial charge is 0.422 e. The molecule has 2 N–H and O–H groups in total. The second-order valence-corrected chi connectivity index (χ2v) is 5.09. The zero-order valence-corrected chi connectivity index (χ0v) is 13.1. The van der Waals surface area contributed by atoms with Crippen molar-refractivity contribution in [1.82, 2.24) is 15.1 Å². The minimum atomic E-state index is -4.42. The molecule has 0 fully saturated rings. The molecule has 1 aromatic carbocycles. The van der Waals surface area contributed by atoms with E-state index in [4.69, 9.17) is 0 Å². The number of likely N-dealkylation sites (N-methyl/N-ethyl adjacent to an activating group) is 1. The lowest BCUT2D eigenvalue weighted by Crippen LogP contribution is -2.30. The van der Waals surface area contributed by atoms with E-state index < -0.39 is 18.8 Å². The number of amides is 1. The van der Waals surface area contributed by atoms with E-state index in [2.05, 4.69) is 20.5 Å². The Morgan fingerprint density at radius 3 is 2.75 bits per heavy atom. The number of benzene rings is 1. The molecule has 130 valence electrons. The SMILES string of the molecule is CNC(C(=O)Nc1cccc(OCC(F)(F)F)c1)c1cnn(C)c1. The molecule has 1 aromatic heterocycles. The Kier molecular flexibility index (Phi) is 5.45. The maximum absolute atomic E-state index is 12.4. The Balaban J connectivity index is 2.05. The zero-order valence-electron chi connectivity index (χ0n) is 13.1. The third-order valence-electron chi connectivity index (χ3n) is 3.11. The number of hydrogen-bond acceptors (Lipinski definition) is 4. The zero-order chi connectivity index (χ0) is 17.7. The molecule has 1 heterocycles. The summed E-state index contributed by atoms with van der Waals surface area (Å²) in [7, 11) is 3.36. The molecule has 2 aromatic rings. The molecule has 0 aliphatic heterocycles. The Morgan fingerprint density at radius 1 is 1.42 bits per heavy atom. The molecule has 24 heavy (non-hydrogen) atoms. The lowest BCUT2D eigenvalue weighted by atomic mass is 10.1. The molecule has 0 bridgehead atoms. The van der Waals surface area contributed by atoms with Gasteiger partial charge in [0.2, 0.25) is 5.91 Å². The van der Waals surface area contributed by atoms with Crippen molar-refractivity contribution in [3.05, 3.63) is 42.2 Å². The van der Waals surface area contributed by atoms with E-state index in [9.17, 15) is 18.0 Å². The van der Waals surface area contributed by atoms with Gasteiger partial charge in [-0.25, -0.2) is 0 Å². The lowest BCUT2D eigenvalue weighted by Gasteiger charge is -2.15. The van der Waals surface area contributed by atoms with Gasteiger partial charge in [0, 0.05) is 30.6 Å². The number of aryl methyl sites for hydroxylation is 1. The summed E-state index contributed by atoms with van der Waals surface area (Å²) in [4.78, 5) is 12.4. The van der Waals surface area contributed by atoms with Crippen LogP contribution in [0.2, 0.25) is 0 Å². The molecule has 0 spiro atoms. The summed E-state index contributed by atoms with van der Waals surface area (Å²) in [5, 5.41) is 9.51. The Bertz CT molecular complexity index is 700. The quantitative estimate of drug-likeness (QED) is 0.845. The first-order chi connectivity index (χ1) is 11.3. The van der Waals surface area contributed by atoms with Gasteiger partial charge in [0.05, 0.1) is 6.20 Å². The van der Waals surface area contributed by atoms with E-state index in [0.717, 1.165) is 0 Å². The van der Waals surface area contributed by atoms with E-state index in [1.165, 1.54) is 18.2 Å². The fourth-order valence-electron chi connectivity index (χ4n) is 2.08. The van der Waals surface area contributed by atoms with E-state index in [1.54, 1.807) is 37.2 Å². The van der Waals surface area contributed by atoms with Crippen LogP contribution in [0.3, 0.4) is 0 Å². The van der Waals surface area contributed by atoms with Gasteiger partial charge in [-0.05, 0) is 19.2 Å². The van der Waals surface area contributed by atoms with Gasteiger partial charge in [0.1, 0.15) is 11.8 Å². The molecule has 0 aliphatic rings. The van der Waals surface area contributed by atoms with E-state index in [1.807, 2.05) is 0 Å². The predicted molar refractivity (Wildman–Crippen MR) is 81.6 cm³/mol. The lowest BCUT2D eigenvalue weighted by molar-refractivity contribution is -0.153. The van der Waals surface area contributed by atoms with Gasteiger partial charge in [0.15, 0.2) is 6.61 Å². The van der Waals surface area contributed by atoms with Crippen molar-refractivity contribution in [3.8, 4) is 5.75 Å². The van der Waals surface area contributed by atoms with Crippen molar-refractivity contribution in [3.63, 3.8) is 0 Å². The van der Waals surface area contributed by atoms with Crippen LogP contribution in [0.1, 0.15) is 11.6 Å². The largest absolute Gasteiger partial charge is 0.484 e. The molecule has 1 amide bonds. The molecule has 0 radical (unpaired) electrons. The molecule has 1 unspecified atom stereocenters. The average molecular weight is 342 g/mol. The normalized spacial score (nSPS) is 12.7. The van der Waals surface area contributed by atoms with Crippen LogP contribution in [0.15, 0.2) is 36.7 Å². The van der Waals surface area contributed by atoms with Crippen LogP contribution in [0.4, 0.5) is 18.9 Å². The van der Waals surface area contributed by atoms with Crippen molar-refractivity contribution in [1.29, 1.82) is 0 Å². The maximum atomic E-state index is 12.4. The third kappa shape index (κ3) is 4.98. The summed E-state index contributed by atoms with van der Waals surface area (Å²) in [5.74, 6) is -0.342. The average Bonchev–Trinajstić information content (AvgIpc) is 2.92. The van der Waals surface area contributed by atoms with Crippen LogP contribution in [-0.4, -0.2) is 35.5 Å². The molecule has 1 atom stereocenters. The number of carbonyl (C=O) groups excluding carboxylic acids is 1. The highest BCUT2D eigenvalue weighted by atomic mass is 19.4. The molecule has 0 aliphatic carbocycles. The summed E-state index contributed by atoms with van der Waals surface area (Å²) >= 11 is 0. The van der Waals surface area contributed by atoms with Crippen molar-refractivity contribution in [2.75, 3.05) is 19.0 Å². The predicted octanol–water partition coefficient (Wildman–Crippen LogP) is 2.26. The van der Waals surface area contributed by atoms with Crippen LogP contribution < -0.4 is 15.4 Å². The van der Waals surface area contributed by atoms with Crippen molar-refractivity contribution in [2.24, 2.45) is 7.05 Å². The van der Waals surface area contributed by atoms with Crippen LogP contribution >= 0.6 is 0 Å². The summed E-state index contributed by atoms with van der Waals surface area (Å²) in [6.45, 7) is -1.39. The Labute approximate surface area is 136 Å². The van der Waals surface area contributed by atoms with Gasteiger partial charge in [0.25, 0.3) is 0 Å². The number of carbonyl (C=O) groups is 1. The van der Waals surface area contributed by atoms with Gasteiger partial charge in [-0.1, -0.05) is 6.07 Å². The van der Waals surface area contributed by atoms with Gasteiger partial charge in [-0.2, -0.15) is 18.3 Å². The first-order valence-electron chi connectivity index (χ1n) is 7.05. The standard InChI is InChI=1S/C15H17F3N4O2/c1-19-13(10-7-20-22(2)8-10)14(23)21-11-4-3-5-12(6-11)24-9-15(16,17)18/h3-8,13,19H,9H2,1-2H3,(H,21,23). The monoisotopic (exact) mass is 342 g/mol. The fourth-order valence-corrected chi connectivity index (χ4v) is 2.08. The fraction of sp³-hybridized carbons (Fsp3) is 0.333. The molecule has 9 heteroatoms. The number of ether oxygens (including phenoxy) is 1. The summed E-state index contributed by atoms with van der Waals surface area (Å²) in [5.41, 5.74) is 1.01. The van der Waals surface area contributed by atoms with Crippen molar-refractivity contribution < 1.29 is 22.7 Å². The second-order valence-electron chi connectivity index (χ2n) is 5.09. The Hall–Kier alpha value is -2.55. The molecular formula is C15H17F3N4O2. The van der Waals surface area contributed by atoms with Crippen LogP contribution in [0.25, 0.3) is 0 Å². The van der Waals surface area contributed by atoms with Crippen molar-refractivity contribution >= 4 is 11.6 Å². The highest BCUT2D eigenvalue weighted by molar-refractivity contribution is 5.95. The second kappa shape index (κ2) is 7.35. The van der Waals surface area contributed by atoms with Crippen LogP contribution in [0, 0.1) is 0 Å². The maximum Gasteiger partial charge on any atom is 0.422 e. The highest BCUT2D eigenvalue weighted by Gasteiger charge is 2.28. The van der Waals surface area contributed by atoms with Gasteiger partial charge in [-0.15, -0.1) is 0 Å². The number of aromatic nitrogens is 2. The number of hydrogen-bond donors (Lipinski definition) is 2. The van der Waals surface area contributed by atoms with E-state index in [0.29, 0.717) is 11.3 Å². The van der Waals surface area contributed by atoms with Crippen molar-refractivity contribution in [2.45, 2.75) is 12.2 Å². The molecular weight excluding hydrogens is 325 g/mol. The Morgan fingerprint density at radius 2 is 2.17 bits per heavy atom.